The Labute approximate surface area is 139 Å². The number of hydrogen-bond donors (Lipinski definition) is 2. The molecule has 3 rings (SSSR count). The summed E-state index contributed by atoms with van der Waals surface area (Å²) in [6.07, 6.45) is 2.77. The molecule has 1 aliphatic rings. The van der Waals surface area contributed by atoms with Crippen molar-refractivity contribution >= 4 is 28.8 Å². The number of rotatable bonds is 6. The van der Waals surface area contributed by atoms with E-state index in [1.54, 1.807) is 11.3 Å². The highest BCUT2D eigenvalue weighted by Gasteiger charge is 2.19. The highest BCUT2D eigenvalue weighted by Crippen LogP contribution is 2.26. The van der Waals surface area contributed by atoms with Crippen molar-refractivity contribution in [1.29, 1.82) is 0 Å². The van der Waals surface area contributed by atoms with Crippen LogP contribution in [0.15, 0.2) is 35.7 Å². The fraction of sp³-hybridized carbons (Fsp3) is 0.333. The standard InChI is InChI=1S/C18H20N2O2S/c1-12(13-7-8-16-14(10-13)11-18(22)20-16)19-17(21)6-2-4-15-5-3-9-23-15/h3,5,7-10,12H,2,4,6,11H2,1H3,(H,19,21)(H,20,22)/t12-/m1/s1. The summed E-state index contributed by atoms with van der Waals surface area (Å²) in [6.45, 7) is 1.98. The van der Waals surface area contributed by atoms with E-state index in [0.29, 0.717) is 12.8 Å². The van der Waals surface area contributed by atoms with Crippen molar-refractivity contribution in [2.24, 2.45) is 0 Å². The molecule has 0 spiro atoms. The van der Waals surface area contributed by atoms with Crippen LogP contribution in [-0.2, 0) is 22.4 Å². The zero-order valence-electron chi connectivity index (χ0n) is 13.1. The first kappa shape index (κ1) is 15.7. The minimum atomic E-state index is -0.0507. The van der Waals surface area contributed by atoms with E-state index in [-0.39, 0.29) is 17.9 Å². The predicted octanol–water partition coefficient (Wildman–Crippen LogP) is 3.44. The largest absolute Gasteiger partial charge is 0.350 e. The number of carbonyl (C=O) groups is 2. The van der Waals surface area contributed by atoms with Crippen molar-refractivity contribution in [2.45, 2.75) is 38.6 Å². The van der Waals surface area contributed by atoms with Gasteiger partial charge in [0.25, 0.3) is 0 Å². The molecule has 2 aromatic rings. The van der Waals surface area contributed by atoms with E-state index < -0.39 is 0 Å². The molecule has 1 aromatic heterocycles. The third-order valence-electron chi connectivity index (χ3n) is 4.04. The quantitative estimate of drug-likeness (QED) is 0.853. The number of nitrogens with one attached hydrogen (secondary N) is 2. The van der Waals surface area contributed by atoms with Crippen LogP contribution in [0, 0.1) is 0 Å². The number of anilines is 1. The third kappa shape index (κ3) is 3.99. The highest BCUT2D eigenvalue weighted by atomic mass is 32.1. The first-order valence-electron chi connectivity index (χ1n) is 7.86. The van der Waals surface area contributed by atoms with E-state index in [1.165, 1.54) is 4.88 Å². The molecule has 1 aromatic carbocycles. The lowest BCUT2D eigenvalue weighted by Gasteiger charge is -2.15. The minimum absolute atomic E-state index is 0.0300. The van der Waals surface area contributed by atoms with Gasteiger partial charge in [0.05, 0.1) is 12.5 Å². The Hall–Kier alpha value is -2.14. The summed E-state index contributed by atoms with van der Waals surface area (Å²) in [6, 6.07) is 9.96. The molecule has 1 aliphatic heterocycles. The van der Waals surface area contributed by atoms with Crippen LogP contribution in [0.3, 0.4) is 0 Å². The van der Waals surface area contributed by atoms with Gasteiger partial charge in [0.1, 0.15) is 0 Å². The van der Waals surface area contributed by atoms with Gasteiger partial charge in [0.2, 0.25) is 11.8 Å². The molecule has 0 radical (unpaired) electrons. The van der Waals surface area contributed by atoms with Crippen molar-refractivity contribution in [3.8, 4) is 0 Å². The number of benzene rings is 1. The van der Waals surface area contributed by atoms with Crippen LogP contribution in [0.25, 0.3) is 0 Å². The normalized spacial score (nSPS) is 14.2. The van der Waals surface area contributed by atoms with Gasteiger partial charge >= 0.3 is 0 Å². The molecule has 0 saturated carbocycles. The van der Waals surface area contributed by atoms with Crippen molar-refractivity contribution in [3.63, 3.8) is 0 Å². The maximum Gasteiger partial charge on any atom is 0.228 e. The van der Waals surface area contributed by atoms with Crippen LogP contribution >= 0.6 is 11.3 Å². The molecule has 23 heavy (non-hydrogen) atoms. The van der Waals surface area contributed by atoms with Gasteiger partial charge in [0.15, 0.2) is 0 Å². The average Bonchev–Trinajstić information content (AvgIpc) is 3.14. The van der Waals surface area contributed by atoms with Crippen LogP contribution < -0.4 is 10.6 Å². The van der Waals surface area contributed by atoms with Gasteiger partial charge in [-0.05, 0) is 48.4 Å². The van der Waals surface area contributed by atoms with Crippen LogP contribution in [-0.4, -0.2) is 11.8 Å². The molecular weight excluding hydrogens is 308 g/mol. The smallest absolute Gasteiger partial charge is 0.228 e. The van der Waals surface area contributed by atoms with E-state index in [9.17, 15) is 9.59 Å². The Kier molecular flexibility index (Phi) is 4.76. The Morgan fingerprint density at radius 3 is 3.04 bits per heavy atom. The zero-order valence-corrected chi connectivity index (χ0v) is 13.9. The van der Waals surface area contributed by atoms with Crippen LogP contribution in [0.5, 0.6) is 0 Å². The second-order valence-electron chi connectivity index (χ2n) is 5.86. The molecule has 2 N–H and O–H groups in total. The lowest BCUT2D eigenvalue weighted by atomic mass is 10.0. The molecule has 2 amide bonds. The second-order valence-corrected chi connectivity index (χ2v) is 6.90. The summed E-state index contributed by atoms with van der Waals surface area (Å²) in [7, 11) is 0. The maximum atomic E-state index is 12.1. The van der Waals surface area contributed by atoms with Crippen molar-refractivity contribution < 1.29 is 9.59 Å². The molecule has 0 saturated heterocycles. The number of carbonyl (C=O) groups excluding carboxylic acids is 2. The Morgan fingerprint density at radius 1 is 1.39 bits per heavy atom. The molecule has 120 valence electrons. The molecule has 0 aliphatic carbocycles. The zero-order chi connectivity index (χ0) is 16.2. The van der Waals surface area contributed by atoms with Gasteiger partial charge in [-0.25, -0.2) is 0 Å². The fourth-order valence-corrected chi connectivity index (χ4v) is 3.54. The van der Waals surface area contributed by atoms with Gasteiger partial charge in [0, 0.05) is 17.0 Å². The highest BCUT2D eigenvalue weighted by molar-refractivity contribution is 7.09. The average molecular weight is 328 g/mol. The topological polar surface area (TPSA) is 58.2 Å². The lowest BCUT2D eigenvalue weighted by Crippen LogP contribution is -2.26. The molecular formula is C18H20N2O2S. The van der Waals surface area contributed by atoms with Crippen molar-refractivity contribution in [3.05, 3.63) is 51.7 Å². The van der Waals surface area contributed by atoms with Crippen LogP contribution in [0.4, 0.5) is 5.69 Å². The Morgan fingerprint density at radius 2 is 2.26 bits per heavy atom. The number of amides is 2. The number of hydrogen-bond acceptors (Lipinski definition) is 3. The summed E-state index contributed by atoms with van der Waals surface area (Å²) in [4.78, 5) is 24.8. The third-order valence-corrected chi connectivity index (χ3v) is 4.98. The summed E-state index contributed by atoms with van der Waals surface area (Å²) >= 11 is 1.73. The lowest BCUT2D eigenvalue weighted by molar-refractivity contribution is -0.121. The molecule has 4 nitrogen and oxygen atoms in total. The van der Waals surface area contributed by atoms with Gasteiger partial charge in [-0.1, -0.05) is 18.2 Å². The van der Waals surface area contributed by atoms with Gasteiger partial charge in [-0.3, -0.25) is 9.59 Å². The molecule has 0 bridgehead atoms. The number of thiophene rings is 1. The van der Waals surface area contributed by atoms with Crippen LogP contribution in [0.1, 0.15) is 41.8 Å². The van der Waals surface area contributed by atoms with Crippen molar-refractivity contribution in [2.75, 3.05) is 5.32 Å². The van der Waals surface area contributed by atoms with Gasteiger partial charge in [-0.2, -0.15) is 0 Å². The predicted molar refractivity (Wildman–Crippen MR) is 92.6 cm³/mol. The number of fused-ring (bicyclic) bond motifs is 1. The Balaban J connectivity index is 1.50. The maximum absolute atomic E-state index is 12.1. The fourth-order valence-electron chi connectivity index (χ4n) is 2.79. The Bertz CT molecular complexity index is 710. The second kappa shape index (κ2) is 6.96. The van der Waals surface area contributed by atoms with E-state index in [4.69, 9.17) is 0 Å². The molecule has 0 unspecified atom stereocenters. The molecule has 5 heteroatoms. The van der Waals surface area contributed by atoms with E-state index in [1.807, 2.05) is 31.2 Å². The van der Waals surface area contributed by atoms with E-state index in [0.717, 1.165) is 29.7 Å². The van der Waals surface area contributed by atoms with E-state index >= 15 is 0 Å². The van der Waals surface area contributed by atoms with Crippen molar-refractivity contribution in [1.82, 2.24) is 5.32 Å². The monoisotopic (exact) mass is 328 g/mol. The molecule has 2 heterocycles. The summed E-state index contributed by atoms with van der Waals surface area (Å²) < 4.78 is 0. The molecule has 0 fully saturated rings. The first-order chi connectivity index (χ1) is 11.1. The summed E-state index contributed by atoms with van der Waals surface area (Å²) in [5.41, 5.74) is 2.92. The van der Waals surface area contributed by atoms with Gasteiger partial charge < -0.3 is 10.6 Å². The number of aryl methyl sites for hydroxylation is 1. The van der Waals surface area contributed by atoms with Gasteiger partial charge in [-0.15, -0.1) is 11.3 Å². The van der Waals surface area contributed by atoms with E-state index in [2.05, 4.69) is 22.1 Å². The van der Waals surface area contributed by atoms with Crippen LogP contribution in [0.2, 0.25) is 0 Å². The summed E-state index contributed by atoms with van der Waals surface area (Å²) in [5, 5.41) is 7.92. The summed E-state index contributed by atoms with van der Waals surface area (Å²) in [5.74, 6) is 0.103. The SMILES string of the molecule is C[C@@H](NC(=O)CCCc1cccs1)c1ccc2c(c1)CC(=O)N2. The first-order valence-corrected chi connectivity index (χ1v) is 8.74. The minimum Gasteiger partial charge on any atom is -0.350 e. The molecule has 1 atom stereocenters.